The van der Waals surface area contributed by atoms with E-state index in [1.807, 2.05) is 17.6 Å². The minimum Gasteiger partial charge on any atom is -0.365 e. The molecule has 2 aromatic rings. The molecule has 2 heterocycles. The molecular formula is C10H8BrN5S. The van der Waals surface area contributed by atoms with E-state index >= 15 is 0 Å². The van der Waals surface area contributed by atoms with E-state index < -0.39 is 0 Å². The van der Waals surface area contributed by atoms with E-state index in [0.29, 0.717) is 18.2 Å². The van der Waals surface area contributed by atoms with Crippen LogP contribution in [0.25, 0.3) is 0 Å². The summed E-state index contributed by atoms with van der Waals surface area (Å²) in [7, 11) is 0. The highest BCUT2D eigenvalue weighted by atomic mass is 79.9. The van der Waals surface area contributed by atoms with Crippen LogP contribution in [-0.2, 0) is 6.54 Å². The molecule has 0 aromatic carbocycles. The molecule has 0 bridgehead atoms. The second kappa shape index (κ2) is 5.61. The predicted molar refractivity (Wildman–Crippen MR) is 70.6 cm³/mol. The van der Waals surface area contributed by atoms with Gasteiger partial charge in [0, 0.05) is 20.8 Å². The van der Waals surface area contributed by atoms with Crippen LogP contribution in [0.15, 0.2) is 28.3 Å². The maximum Gasteiger partial charge on any atom is 0.182 e. The van der Waals surface area contributed by atoms with Gasteiger partial charge in [0.1, 0.15) is 18.0 Å². The number of nitriles is 1. The van der Waals surface area contributed by atoms with Crippen molar-refractivity contribution in [3.05, 3.63) is 33.2 Å². The highest BCUT2D eigenvalue weighted by molar-refractivity contribution is 9.10. The predicted octanol–water partition coefficient (Wildman–Crippen LogP) is 2.81. The van der Waals surface area contributed by atoms with Crippen LogP contribution in [0.2, 0.25) is 0 Å². The average Bonchev–Trinajstić information content (AvgIpc) is 2.74. The van der Waals surface area contributed by atoms with E-state index in [2.05, 4.69) is 36.5 Å². The lowest BCUT2D eigenvalue weighted by molar-refractivity contribution is 1.10. The van der Waals surface area contributed by atoms with E-state index in [4.69, 9.17) is 5.26 Å². The third-order valence-electron chi connectivity index (χ3n) is 1.92. The fourth-order valence-electron chi connectivity index (χ4n) is 1.20. The Bertz CT molecular complexity index is 548. The summed E-state index contributed by atoms with van der Waals surface area (Å²) in [4.78, 5) is 9.16. The number of anilines is 2. The molecule has 2 aromatic heterocycles. The number of nitrogens with zero attached hydrogens (tertiary/aromatic N) is 3. The molecule has 0 fully saturated rings. The number of nitrogens with one attached hydrogen (secondary N) is 2. The molecule has 0 unspecified atom stereocenters. The molecule has 2 N–H and O–H groups in total. The van der Waals surface area contributed by atoms with Gasteiger partial charge in [-0.1, -0.05) is 0 Å². The van der Waals surface area contributed by atoms with Gasteiger partial charge in [-0.05, 0) is 22.0 Å². The van der Waals surface area contributed by atoms with Gasteiger partial charge >= 0.3 is 0 Å². The van der Waals surface area contributed by atoms with Gasteiger partial charge in [-0.25, -0.2) is 9.97 Å². The van der Waals surface area contributed by atoms with Gasteiger partial charge < -0.3 is 5.32 Å². The summed E-state index contributed by atoms with van der Waals surface area (Å²) in [6.45, 7) is 0.694. The van der Waals surface area contributed by atoms with E-state index in [-0.39, 0.29) is 0 Å². The van der Waals surface area contributed by atoms with Crippen LogP contribution < -0.4 is 10.6 Å². The zero-order valence-electron chi connectivity index (χ0n) is 8.64. The van der Waals surface area contributed by atoms with Gasteiger partial charge in [-0.3, -0.25) is 5.32 Å². The highest BCUT2D eigenvalue weighted by Gasteiger charge is 2.00. The Morgan fingerprint density at radius 1 is 1.35 bits per heavy atom. The second-order valence-corrected chi connectivity index (χ2v) is 5.02. The quantitative estimate of drug-likeness (QED) is 0.671. The molecule has 0 aliphatic carbocycles. The van der Waals surface area contributed by atoms with Crippen LogP contribution in [-0.4, -0.2) is 9.97 Å². The van der Waals surface area contributed by atoms with E-state index in [9.17, 15) is 0 Å². The van der Waals surface area contributed by atoms with Crippen molar-refractivity contribution in [1.82, 2.24) is 9.97 Å². The molecule has 0 saturated carbocycles. The van der Waals surface area contributed by atoms with Crippen molar-refractivity contribution in [3.63, 3.8) is 0 Å². The van der Waals surface area contributed by atoms with Crippen LogP contribution >= 0.6 is 27.3 Å². The topological polar surface area (TPSA) is 73.6 Å². The maximum atomic E-state index is 8.48. The van der Waals surface area contributed by atoms with Gasteiger partial charge in [0.25, 0.3) is 0 Å². The van der Waals surface area contributed by atoms with Crippen LogP contribution in [0.4, 0.5) is 11.6 Å². The molecule has 0 radical (unpaired) electrons. The van der Waals surface area contributed by atoms with Crippen LogP contribution in [0.5, 0.6) is 0 Å². The normalized spacial score (nSPS) is 9.65. The van der Waals surface area contributed by atoms with E-state index in [1.54, 1.807) is 17.4 Å². The molecule has 7 heteroatoms. The first-order valence-electron chi connectivity index (χ1n) is 4.72. The summed E-state index contributed by atoms with van der Waals surface area (Å²) in [5.74, 6) is 1.17. The van der Waals surface area contributed by atoms with Crippen LogP contribution in [0.1, 0.15) is 4.88 Å². The largest absolute Gasteiger partial charge is 0.365 e. The molecule has 86 valence electrons. The molecule has 0 saturated heterocycles. The molecule has 0 atom stereocenters. The fourth-order valence-corrected chi connectivity index (χ4v) is 2.59. The first-order chi connectivity index (χ1) is 8.28. The number of aromatic nitrogens is 2. The lowest BCUT2D eigenvalue weighted by Crippen LogP contribution is -2.01. The Morgan fingerprint density at radius 3 is 2.88 bits per heavy atom. The Labute approximate surface area is 111 Å². The molecule has 0 amide bonds. The zero-order valence-corrected chi connectivity index (χ0v) is 11.0. The Morgan fingerprint density at radius 2 is 2.18 bits per heavy atom. The Kier molecular flexibility index (Phi) is 3.90. The van der Waals surface area contributed by atoms with Gasteiger partial charge in [0.15, 0.2) is 6.19 Å². The Hall–Kier alpha value is -1.65. The molecule has 17 heavy (non-hydrogen) atoms. The molecule has 5 nitrogen and oxygen atoms in total. The lowest BCUT2D eigenvalue weighted by Gasteiger charge is -2.04. The van der Waals surface area contributed by atoms with Crippen molar-refractivity contribution >= 4 is 38.9 Å². The Balaban J connectivity index is 1.99. The van der Waals surface area contributed by atoms with E-state index in [1.165, 1.54) is 11.2 Å². The van der Waals surface area contributed by atoms with Crippen molar-refractivity contribution < 1.29 is 0 Å². The minimum atomic E-state index is 0.484. The summed E-state index contributed by atoms with van der Waals surface area (Å²) in [5.41, 5.74) is 0. The van der Waals surface area contributed by atoms with Crippen molar-refractivity contribution in [3.8, 4) is 6.19 Å². The van der Waals surface area contributed by atoms with Gasteiger partial charge in [0.05, 0.1) is 6.54 Å². The van der Waals surface area contributed by atoms with Crippen LogP contribution in [0, 0.1) is 11.5 Å². The first kappa shape index (κ1) is 11.8. The number of thiophene rings is 1. The standard InChI is InChI=1S/C10H8BrN5S/c11-7-1-8(17-4-7)3-13-9-2-10(14-5-12)16-6-15-9/h1-2,4,6H,3H2,(H2,13,14,15,16). The van der Waals surface area contributed by atoms with Crippen LogP contribution in [0.3, 0.4) is 0 Å². The SMILES string of the molecule is N#CNc1cc(NCc2cc(Br)cs2)ncn1. The molecule has 0 aliphatic heterocycles. The number of hydrogen-bond acceptors (Lipinski definition) is 6. The van der Waals surface area contributed by atoms with Gasteiger partial charge in [-0.15, -0.1) is 11.3 Å². The number of halogens is 1. The lowest BCUT2D eigenvalue weighted by atomic mass is 10.4. The maximum absolute atomic E-state index is 8.48. The highest BCUT2D eigenvalue weighted by Crippen LogP contribution is 2.20. The summed E-state index contributed by atoms with van der Waals surface area (Å²) in [6.07, 6.45) is 3.23. The summed E-state index contributed by atoms with van der Waals surface area (Å²) >= 11 is 5.06. The number of rotatable bonds is 4. The summed E-state index contributed by atoms with van der Waals surface area (Å²) in [5, 5.41) is 16.1. The molecule has 0 spiro atoms. The summed E-state index contributed by atoms with van der Waals surface area (Å²) in [6, 6.07) is 3.74. The third-order valence-corrected chi connectivity index (χ3v) is 3.61. The van der Waals surface area contributed by atoms with Crippen molar-refractivity contribution in [2.75, 3.05) is 10.6 Å². The molecular weight excluding hydrogens is 302 g/mol. The monoisotopic (exact) mass is 309 g/mol. The van der Waals surface area contributed by atoms with Gasteiger partial charge in [0.2, 0.25) is 0 Å². The summed E-state index contributed by atoms with van der Waals surface area (Å²) < 4.78 is 1.08. The average molecular weight is 310 g/mol. The van der Waals surface area contributed by atoms with Crippen molar-refractivity contribution in [1.29, 1.82) is 5.26 Å². The van der Waals surface area contributed by atoms with Crippen molar-refractivity contribution in [2.24, 2.45) is 0 Å². The van der Waals surface area contributed by atoms with Gasteiger partial charge in [-0.2, -0.15) is 5.26 Å². The number of hydrogen-bond donors (Lipinski definition) is 2. The second-order valence-electron chi connectivity index (χ2n) is 3.11. The van der Waals surface area contributed by atoms with Crippen molar-refractivity contribution in [2.45, 2.75) is 6.54 Å². The molecule has 0 aliphatic rings. The first-order valence-corrected chi connectivity index (χ1v) is 6.39. The minimum absolute atomic E-state index is 0.484. The zero-order chi connectivity index (χ0) is 12.1. The fraction of sp³-hybridized carbons (Fsp3) is 0.100. The smallest absolute Gasteiger partial charge is 0.182 e. The third kappa shape index (κ3) is 3.41. The molecule has 2 rings (SSSR count). The van der Waals surface area contributed by atoms with E-state index in [0.717, 1.165) is 4.47 Å².